The SMILES string of the molecule is Cc1c(C(=O)Nc2ccc(Br)c(F)c2)c(=O)n(-c2ccccc2)n1C. The Hall–Kier alpha value is -2.67. The summed E-state index contributed by atoms with van der Waals surface area (Å²) in [6, 6.07) is 13.3. The molecular formula is C18H15BrFN3O2. The fourth-order valence-electron chi connectivity index (χ4n) is 2.60. The summed E-state index contributed by atoms with van der Waals surface area (Å²) in [5.74, 6) is -1.07. The van der Waals surface area contributed by atoms with E-state index in [2.05, 4.69) is 21.2 Å². The number of nitrogens with one attached hydrogen (secondary N) is 1. The highest BCUT2D eigenvalue weighted by Gasteiger charge is 2.22. The fourth-order valence-corrected chi connectivity index (χ4v) is 2.84. The summed E-state index contributed by atoms with van der Waals surface area (Å²) < 4.78 is 17.0. The van der Waals surface area contributed by atoms with Crippen LogP contribution in [0.15, 0.2) is 57.8 Å². The van der Waals surface area contributed by atoms with Crippen molar-refractivity contribution in [3.63, 3.8) is 0 Å². The van der Waals surface area contributed by atoms with Crippen molar-refractivity contribution in [3.05, 3.63) is 80.4 Å². The van der Waals surface area contributed by atoms with Gasteiger partial charge in [0.25, 0.3) is 11.5 Å². The Morgan fingerprint density at radius 2 is 1.84 bits per heavy atom. The van der Waals surface area contributed by atoms with E-state index in [4.69, 9.17) is 0 Å². The molecule has 3 rings (SSSR count). The maximum atomic E-state index is 13.6. The van der Waals surface area contributed by atoms with Gasteiger partial charge in [-0.1, -0.05) is 18.2 Å². The number of hydrogen-bond donors (Lipinski definition) is 1. The van der Waals surface area contributed by atoms with Gasteiger partial charge >= 0.3 is 0 Å². The highest BCUT2D eigenvalue weighted by Crippen LogP contribution is 2.20. The number of rotatable bonds is 3. The zero-order valence-corrected chi connectivity index (χ0v) is 15.2. The zero-order chi connectivity index (χ0) is 18.1. The minimum absolute atomic E-state index is 0.0229. The number of hydrogen-bond acceptors (Lipinski definition) is 2. The van der Waals surface area contributed by atoms with Gasteiger partial charge in [-0.15, -0.1) is 0 Å². The molecule has 2 aromatic carbocycles. The lowest BCUT2D eigenvalue weighted by Gasteiger charge is -2.07. The lowest BCUT2D eigenvalue weighted by Crippen LogP contribution is -2.25. The Labute approximate surface area is 151 Å². The van der Waals surface area contributed by atoms with Gasteiger partial charge in [0.1, 0.15) is 11.4 Å². The van der Waals surface area contributed by atoms with Gasteiger partial charge in [-0.3, -0.25) is 14.3 Å². The van der Waals surface area contributed by atoms with E-state index in [0.29, 0.717) is 15.9 Å². The van der Waals surface area contributed by atoms with Crippen LogP contribution in [0, 0.1) is 12.7 Å². The van der Waals surface area contributed by atoms with Crippen molar-refractivity contribution in [1.29, 1.82) is 0 Å². The van der Waals surface area contributed by atoms with E-state index in [9.17, 15) is 14.0 Å². The van der Waals surface area contributed by atoms with Crippen LogP contribution in [-0.4, -0.2) is 15.3 Å². The number of amides is 1. The molecule has 0 unspecified atom stereocenters. The van der Waals surface area contributed by atoms with Crippen molar-refractivity contribution in [2.24, 2.45) is 7.05 Å². The molecule has 1 aromatic heterocycles. The Morgan fingerprint density at radius 1 is 1.16 bits per heavy atom. The van der Waals surface area contributed by atoms with Crippen LogP contribution in [0.3, 0.4) is 0 Å². The molecule has 7 heteroatoms. The monoisotopic (exact) mass is 403 g/mol. The minimum Gasteiger partial charge on any atom is -0.322 e. The maximum Gasteiger partial charge on any atom is 0.284 e. The Morgan fingerprint density at radius 3 is 2.48 bits per heavy atom. The molecule has 0 atom stereocenters. The van der Waals surface area contributed by atoms with Crippen molar-refractivity contribution in [1.82, 2.24) is 9.36 Å². The molecule has 0 fully saturated rings. The first-order chi connectivity index (χ1) is 11.9. The minimum atomic E-state index is -0.575. The van der Waals surface area contributed by atoms with Gasteiger partial charge in [-0.25, -0.2) is 9.07 Å². The summed E-state index contributed by atoms with van der Waals surface area (Å²) in [6.45, 7) is 1.69. The molecule has 0 saturated heterocycles. The highest BCUT2D eigenvalue weighted by atomic mass is 79.9. The third kappa shape index (κ3) is 3.15. The quantitative estimate of drug-likeness (QED) is 0.725. The number of anilines is 1. The van der Waals surface area contributed by atoms with Gasteiger partial charge in [-0.05, 0) is 53.2 Å². The molecule has 0 saturated carbocycles. The maximum absolute atomic E-state index is 13.6. The summed E-state index contributed by atoms with van der Waals surface area (Å²) in [4.78, 5) is 25.3. The van der Waals surface area contributed by atoms with Crippen molar-refractivity contribution in [2.75, 3.05) is 5.32 Å². The van der Waals surface area contributed by atoms with Gasteiger partial charge in [0.2, 0.25) is 0 Å². The summed E-state index contributed by atoms with van der Waals surface area (Å²) in [5, 5.41) is 2.57. The van der Waals surface area contributed by atoms with Gasteiger partial charge in [0.15, 0.2) is 0 Å². The Bertz CT molecular complexity index is 1010. The normalized spacial score (nSPS) is 10.7. The highest BCUT2D eigenvalue weighted by molar-refractivity contribution is 9.10. The van der Waals surface area contributed by atoms with Crippen molar-refractivity contribution in [2.45, 2.75) is 6.92 Å². The van der Waals surface area contributed by atoms with Crippen LogP contribution in [0.5, 0.6) is 0 Å². The van der Waals surface area contributed by atoms with Crippen molar-refractivity contribution >= 4 is 27.5 Å². The van der Waals surface area contributed by atoms with Gasteiger partial charge in [0.05, 0.1) is 15.9 Å². The first-order valence-corrected chi connectivity index (χ1v) is 8.30. The molecule has 1 N–H and O–H groups in total. The van der Waals surface area contributed by atoms with E-state index < -0.39 is 17.3 Å². The molecule has 128 valence electrons. The van der Waals surface area contributed by atoms with Crippen molar-refractivity contribution in [3.8, 4) is 5.69 Å². The topological polar surface area (TPSA) is 56.0 Å². The second-order valence-electron chi connectivity index (χ2n) is 5.52. The molecule has 0 aliphatic carbocycles. The number of halogens is 2. The molecule has 0 aliphatic rings. The van der Waals surface area contributed by atoms with Gasteiger partial charge in [0, 0.05) is 12.7 Å². The number of aromatic nitrogens is 2. The Kier molecular flexibility index (Phi) is 4.59. The summed E-state index contributed by atoms with van der Waals surface area (Å²) in [7, 11) is 1.71. The molecule has 0 radical (unpaired) electrons. The Balaban J connectivity index is 2.01. The largest absolute Gasteiger partial charge is 0.322 e. The van der Waals surface area contributed by atoms with Crippen LogP contribution in [0.2, 0.25) is 0 Å². The van der Waals surface area contributed by atoms with E-state index in [1.54, 1.807) is 36.9 Å². The molecule has 25 heavy (non-hydrogen) atoms. The number of benzene rings is 2. The van der Waals surface area contributed by atoms with E-state index >= 15 is 0 Å². The summed E-state index contributed by atoms with van der Waals surface area (Å²) in [5.41, 5.74) is 1.05. The number of para-hydroxylation sites is 1. The third-order valence-corrected chi connectivity index (χ3v) is 4.60. The van der Waals surface area contributed by atoms with Crippen LogP contribution in [0.1, 0.15) is 16.1 Å². The second kappa shape index (κ2) is 6.68. The van der Waals surface area contributed by atoms with Crippen LogP contribution < -0.4 is 10.9 Å². The van der Waals surface area contributed by atoms with Crippen LogP contribution in [-0.2, 0) is 7.05 Å². The average molecular weight is 404 g/mol. The van der Waals surface area contributed by atoms with E-state index in [0.717, 1.165) is 0 Å². The first kappa shape index (κ1) is 17.2. The van der Waals surface area contributed by atoms with Crippen LogP contribution in [0.25, 0.3) is 5.69 Å². The molecule has 0 bridgehead atoms. The summed E-state index contributed by atoms with van der Waals surface area (Å²) in [6.07, 6.45) is 0. The molecule has 0 spiro atoms. The molecular weight excluding hydrogens is 389 g/mol. The predicted octanol–water partition coefficient (Wildman–Crippen LogP) is 3.64. The second-order valence-corrected chi connectivity index (χ2v) is 6.37. The van der Waals surface area contributed by atoms with Crippen LogP contribution >= 0.6 is 15.9 Å². The van der Waals surface area contributed by atoms with E-state index in [1.165, 1.54) is 16.8 Å². The van der Waals surface area contributed by atoms with E-state index in [1.807, 2.05) is 18.2 Å². The van der Waals surface area contributed by atoms with Crippen LogP contribution in [0.4, 0.5) is 10.1 Å². The molecule has 1 amide bonds. The predicted molar refractivity (Wildman–Crippen MR) is 97.8 cm³/mol. The first-order valence-electron chi connectivity index (χ1n) is 7.50. The number of nitrogens with zero attached hydrogens (tertiary/aromatic N) is 2. The molecule has 3 aromatic rings. The van der Waals surface area contributed by atoms with Gasteiger partial charge in [-0.2, -0.15) is 0 Å². The van der Waals surface area contributed by atoms with Gasteiger partial charge < -0.3 is 5.32 Å². The molecule has 1 heterocycles. The zero-order valence-electron chi connectivity index (χ0n) is 13.6. The average Bonchev–Trinajstić information content (AvgIpc) is 2.81. The lowest BCUT2D eigenvalue weighted by atomic mass is 10.2. The molecule has 5 nitrogen and oxygen atoms in total. The number of carbonyl (C=O) groups is 1. The smallest absolute Gasteiger partial charge is 0.284 e. The molecule has 0 aliphatic heterocycles. The summed E-state index contributed by atoms with van der Waals surface area (Å²) >= 11 is 3.06. The van der Waals surface area contributed by atoms with E-state index in [-0.39, 0.29) is 11.3 Å². The lowest BCUT2D eigenvalue weighted by molar-refractivity contribution is 0.102. The third-order valence-electron chi connectivity index (χ3n) is 3.96. The van der Waals surface area contributed by atoms with Crippen molar-refractivity contribution < 1.29 is 9.18 Å². The standard InChI is InChI=1S/C18H15BrFN3O2/c1-11-16(17(24)21-12-8-9-14(19)15(20)10-12)18(25)23(22(11)2)13-6-4-3-5-7-13/h3-10H,1-2H3,(H,21,24). The number of carbonyl (C=O) groups excluding carboxylic acids is 1. The fraction of sp³-hybridized carbons (Fsp3) is 0.111.